The molecule has 17 N–H and O–H groups in total. The van der Waals surface area contributed by atoms with Crippen molar-refractivity contribution >= 4 is 93.1 Å². The average Bonchev–Trinajstić information content (AvgIpc) is 1.61. The number of carboxylic acid groups (broad SMARTS) is 2. The lowest BCUT2D eigenvalue weighted by Crippen LogP contribution is -2.53. The number of unbranched alkanes of at least 4 members (excludes halogenated alkanes) is 4. The molecule has 0 radical (unpaired) electrons. The summed E-state index contributed by atoms with van der Waals surface area (Å²) in [6.45, 7) is 23.2. The summed E-state index contributed by atoms with van der Waals surface area (Å²) in [5.41, 5.74) is 14.3. The third-order valence-corrected chi connectivity index (χ3v) is 13.4. The van der Waals surface area contributed by atoms with Gasteiger partial charge in [-0.25, -0.2) is 24.0 Å². The Morgan fingerprint density at radius 1 is 0.451 bits per heavy atom. The van der Waals surface area contributed by atoms with Crippen LogP contribution in [0.1, 0.15) is 174 Å². The number of carbonyl (C=O) groups excluding carboxylic acids is 10. The second-order valence-corrected chi connectivity index (χ2v) is 27.3. The van der Waals surface area contributed by atoms with Crippen LogP contribution in [0.5, 0.6) is 0 Å². The minimum atomic E-state index is -5.77. The lowest BCUT2D eigenvalue weighted by molar-refractivity contribution is -0.193. The van der Waals surface area contributed by atoms with Crippen LogP contribution in [0.3, 0.4) is 0 Å². The largest absolute Gasteiger partial charge is 0.480 e. The van der Waals surface area contributed by atoms with Gasteiger partial charge < -0.3 is 108 Å². The van der Waals surface area contributed by atoms with E-state index in [0.29, 0.717) is 64.6 Å². The number of ketones is 2. The minimum Gasteiger partial charge on any atom is -0.480 e. The van der Waals surface area contributed by atoms with Gasteiger partial charge >= 0.3 is 54.0 Å². The first-order chi connectivity index (χ1) is 45.9. The molecule has 0 aromatic heterocycles. The molecular formula is C61H104Cl2F6N8O25. The molecule has 5 amide bonds. The highest BCUT2D eigenvalue weighted by Crippen LogP contribution is 2.40. The van der Waals surface area contributed by atoms with E-state index in [1.165, 1.54) is 0 Å². The molecule has 0 aromatic carbocycles. The van der Waals surface area contributed by atoms with E-state index >= 15 is 0 Å². The van der Waals surface area contributed by atoms with Crippen LogP contribution in [-0.2, 0) is 81.1 Å². The SMILES string of the molecule is C.CC(C)(C)OC(=O)N[C@@H](CCCCN)C(=O)NC(CCCCN)C(=O)OC(C)(C)C.CC(C)(C)OC(=O)N[C@H](CCCCNC(=O)C(O)C(O)C(O)C(O)C(=O)O)C(=O)NC(CCCCN)C(=O)O.CC1(C)O[C@H]([C@@H]2OC(C)(C)O[C@H]2C(=O)Cl)[C@@H](C(=O)Cl)O1.O=C(C(=O)C(F)(F)F)C(F)(F)F. The number of ether oxygens (including phenoxy) is 7. The van der Waals surface area contributed by atoms with Crippen molar-refractivity contribution in [1.82, 2.24) is 26.6 Å². The van der Waals surface area contributed by atoms with Gasteiger partial charge in [-0.2, -0.15) is 26.3 Å². The van der Waals surface area contributed by atoms with Gasteiger partial charge in [-0.1, -0.05) is 7.43 Å². The second kappa shape index (κ2) is 45.2. The van der Waals surface area contributed by atoms with Crippen LogP contribution in [0, 0.1) is 0 Å². The zero-order chi connectivity index (χ0) is 79.2. The minimum absolute atomic E-state index is 0. The number of hydrogen-bond acceptors (Lipinski definition) is 26. The number of alkyl halides is 6. The summed E-state index contributed by atoms with van der Waals surface area (Å²) >= 11 is 11.0. The third kappa shape index (κ3) is 41.3. The Balaban J connectivity index is -0.00000137. The lowest BCUT2D eigenvalue weighted by atomic mass is 10.0. The van der Waals surface area contributed by atoms with Gasteiger partial charge in [0.1, 0.15) is 65.4 Å². The van der Waals surface area contributed by atoms with Crippen molar-refractivity contribution in [2.75, 3.05) is 26.2 Å². The predicted octanol–water partition coefficient (Wildman–Crippen LogP) is 2.80. The van der Waals surface area contributed by atoms with Crippen LogP contribution < -0.4 is 43.8 Å². The molecular weight excluding hydrogens is 1430 g/mol. The predicted molar refractivity (Wildman–Crippen MR) is 349 cm³/mol. The van der Waals surface area contributed by atoms with Crippen molar-refractivity contribution in [3.63, 3.8) is 0 Å². The third-order valence-electron chi connectivity index (χ3n) is 13.0. The number of aliphatic carboxylic acids is 2. The molecule has 6 unspecified atom stereocenters. The number of carboxylic acids is 2. The number of halogens is 8. The fourth-order valence-electron chi connectivity index (χ4n) is 8.47. The smallest absolute Gasteiger partial charge is 0.458 e. The molecule has 0 aromatic rings. The first kappa shape index (κ1) is 99.9. The molecule has 0 spiro atoms. The summed E-state index contributed by atoms with van der Waals surface area (Å²) in [7, 11) is 0. The summed E-state index contributed by atoms with van der Waals surface area (Å²) in [4.78, 5) is 139. The molecule has 2 heterocycles. The molecule has 2 fully saturated rings. The van der Waals surface area contributed by atoms with Gasteiger partial charge in [0.2, 0.25) is 11.8 Å². The van der Waals surface area contributed by atoms with Gasteiger partial charge in [0.25, 0.3) is 16.4 Å². The average molecular weight is 1530 g/mol. The number of nitrogens with two attached hydrogens (primary N) is 3. The number of amides is 5. The number of hydrogen-bond donors (Lipinski definition) is 14. The Morgan fingerprint density at radius 3 is 1.07 bits per heavy atom. The Hall–Kier alpha value is -6.24. The quantitative estimate of drug-likeness (QED) is 0.0110. The van der Waals surface area contributed by atoms with Crippen LogP contribution in [0.4, 0.5) is 35.9 Å². The summed E-state index contributed by atoms with van der Waals surface area (Å²) in [5, 5.41) is 67.3. The Labute approximate surface area is 597 Å². The molecule has 33 nitrogen and oxygen atoms in total. The molecule has 2 saturated heterocycles. The maximum atomic E-state index is 12.9. The zero-order valence-electron chi connectivity index (χ0n) is 58.4. The van der Waals surface area contributed by atoms with E-state index in [2.05, 4.69) is 26.6 Å². The second-order valence-electron chi connectivity index (χ2n) is 26.5. The number of nitrogens with one attached hydrogen (secondary N) is 5. The number of Topliss-reactive ketones (excluding diaryl/α,β-unsaturated/α-hetero) is 2. The van der Waals surface area contributed by atoms with Crippen LogP contribution in [-0.4, -0.2) is 240 Å². The topological polar surface area (TPSA) is 529 Å². The Bertz CT molecular complexity index is 2660. The Morgan fingerprint density at radius 2 is 0.765 bits per heavy atom. The van der Waals surface area contributed by atoms with E-state index in [0.717, 1.165) is 6.42 Å². The highest BCUT2D eigenvalue weighted by Gasteiger charge is 2.58. The van der Waals surface area contributed by atoms with Crippen molar-refractivity contribution in [1.29, 1.82) is 0 Å². The van der Waals surface area contributed by atoms with Crippen molar-refractivity contribution in [3.05, 3.63) is 0 Å². The van der Waals surface area contributed by atoms with Gasteiger partial charge in [0.05, 0.1) is 0 Å². The zero-order valence-corrected chi connectivity index (χ0v) is 59.9. The summed E-state index contributed by atoms with van der Waals surface area (Å²) in [6.07, 6.45) is -21.1. The summed E-state index contributed by atoms with van der Waals surface area (Å²) < 4.78 is 105. The van der Waals surface area contributed by atoms with E-state index in [1.807, 2.05) is 0 Å². The molecule has 2 rings (SSSR count). The van der Waals surface area contributed by atoms with Gasteiger partial charge in [-0.15, -0.1) is 0 Å². The van der Waals surface area contributed by atoms with Crippen molar-refractivity contribution in [2.24, 2.45) is 17.2 Å². The van der Waals surface area contributed by atoms with Crippen LogP contribution in [0.2, 0.25) is 0 Å². The number of esters is 1. The monoisotopic (exact) mass is 1530 g/mol. The van der Waals surface area contributed by atoms with Gasteiger partial charge in [0.15, 0.2) is 36.0 Å². The lowest BCUT2D eigenvalue weighted by Gasteiger charge is -2.27. The molecule has 594 valence electrons. The first-order valence-corrected chi connectivity index (χ1v) is 32.4. The molecule has 102 heavy (non-hydrogen) atoms. The molecule has 41 heteroatoms. The van der Waals surface area contributed by atoms with E-state index in [4.69, 9.17) is 78.7 Å². The van der Waals surface area contributed by atoms with Crippen LogP contribution >= 0.6 is 23.2 Å². The summed E-state index contributed by atoms with van der Waals surface area (Å²) in [6, 6.07) is -4.03. The van der Waals surface area contributed by atoms with Gasteiger partial charge in [-0.3, -0.25) is 33.6 Å². The van der Waals surface area contributed by atoms with E-state index in [9.17, 15) is 109 Å². The van der Waals surface area contributed by atoms with Crippen molar-refractivity contribution in [2.45, 2.75) is 288 Å². The molecule has 2 aliphatic rings. The molecule has 0 saturated carbocycles. The highest BCUT2D eigenvalue weighted by atomic mass is 35.5. The van der Waals surface area contributed by atoms with Crippen molar-refractivity contribution < 1.29 is 148 Å². The maximum Gasteiger partial charge on any atom is 0.458 e. The van der Waals surface area contributed by atoms with Crippen LogP contribution in [0.25, 0.3) is 0 Å². The molecule has 12 atom stereocenters. The fraction of sp³-hybridized carbons (Fsp3) is 0.803. The maximum absolute atomic E-state index is 12.9. The molecule has 0 bridgehead atoms. The number of alkyl carbamates (subject to hydrolysis) is 2. The van der Waals surface area contributed by atoms with E-state index in [-0.39, 0.29) is 39.7 Å². The van der Waals surface area contributed by atoms with Crippen LogP contribution in [0.15, 0.2) is 0 Å². The number of aliphatic hydroxyl groups is 4. The van der Waals surface area contributed by atoms with E-state index < -0.39 is 184 Å². The molecule has 2 aliphatic heterocycles. The normalized spacial score (nSPS) is 19.4. The fourth-order valence-corrected chi connectivity index (χ4v) is 8.81. The van der Waals surface area contributed by atoms with E-state index in [1.54, 1.807) is 90.0 Å². The Kier molecular flexibility index (Phi) is 44.3. The standard InChI is InChI=1S/C23H42N4O12.C21H42N4O5.C12H16Cl2O6.C4F6O2.CH4/c1-23(2,3)39-22(38)27-12(18(32)26-13(20(34)35)9-4-6-10-24)8-5-7-11-25-19(33)16(30)14(28)15(29)17(31)21(36)37;1-20(2,3)29-18(27)16(12-8-10-14-23)24-17(26)15(11-7-9-13-22)25-19(28)30-21(4,5)6;1-11(2)17-5(7(19-11)9(13)15)6-8(10(14)16)20-12(3,4)18-6;5-3(6,7)1(11)2(12)4(8,9)10;/h12-17,28-31H,4-11,24H2,1-3H3,(H,25,33)(H,26,32)(H,27,38)(H,34,35)(H,36,37);15-16H,7-14,22-23H2,1-6H3,(H,24,26)(H,25,28);5-8H,1-4H3;;1H4/t12-,13?,14?,15?,16?,17?;15-,16?;5-,6+,7+,8-;;/m10.../s1. The highest BCUT2D eigenvalue weighted by molar-refractivity contribution is 6.65. The first-order valence-electron chi connectivity index (χ1n) is 31.6. The number of aliphatic hydroxyl groups excluding tert-OH is 4. The van der Waals surface area contributed by atoms with Crippen molar-refractivity contribution in [3.8, 4) is 0 Å². The number of carbonyl (C=O) groups is 12. The molecule has 0 aliphatic carbocycles. The van der Waals surface area contributed by atoms with Gasteiger partial charge in [0, 0.05) is 6.54 Å². The summed E-state index contributed by atoms with van der Waals surface area (Å²) in [5.74, 6) is -14.8. The van der Waals surface area contributed by atoms with Gasteiger partial charge in [-0.05, 0) is 210 Å². The number of rotatable bonds is 34.